The third-order valence-electron chi connectivity index (χ3n) is 8.40. The molecule has 1 atom stereocenters. The second kappa shape index (κ2) is 16.3. The number of hydrogen-bond acceptors (Lipinski definition) is 12. The zero-order valence-corrected chi connectivity index (χ0v) is 30.7. The van der Waals surface area contributed by atoms with E-state index in [-0.39, 0.29) is 47.3 Å². The molecule has 53 heavy (non-hydrogen) atoms. The summed E-state index contributed by atoms with van der Waals surface area (Å²) in [6, 6.07) is 27.7. The van der Waals surface area contributed by atoms with Gasteiger partial charge in [-0.25, -0.2) is 13.4 Å². The summed E-state index contributed by atoms with van der Waals surface area (Å²) in [5, 5.41) is 13.2. The Morgan fingerprint density at radius 2 is 1.32 bits per heavy atom. The Morgan fingerprint density at radius 1 is 0.774 bits per heavy atom. The molecule has 0 bridgehead atoms. The molecule has 0 radical (unpaired) electrons. The molecule has 2 aromatic heterocycles. The molecule has 0 amide bonds. The molecule has 0 aliphatic rings. The molecule has 4 aromatic carbocycles. The van der Waals surface area contributed by atoms with Gasteiger partial charge in [-0.15, -0.1) is 10.2 Å². The summed E-state index contributed by atoms with van der Waals surface area (Å²) < 4.78 is 72.4. The van der Waals surface area contributed by atoms with Crippen LogP contribution in [0.4, 0.5) is 5.82 Å². The Bertz CT molecular complexity index is 2250. The molecule has 16 heteroatoms. The van der Waals surface area contributed by atoms with E-state index in [1.54, 1.807) is 100 Å². The SMILES string of the molecule is COc1ccc(CN(Cc2ccc(OC)cc2)S(=O)(=O)c2c(CS(=O)[O-])ccc(-c3ccc(N)nc3)c2-c2nnn(Cc3ccc(OC)cc3)n2)cc1. The summed E-state index contributed by atoms with van der Waals surface area (Å²) in [6.07, 6.45) is 1.50. The van der Waals surface area contributed by atoms with Crippen LogP contribution in [0.1, 0.15) is 22.3 Å². The molecule has 1 unspecified atom stereocenters. The van der Waals surface area contributed by atoms with Crippen molar-refractivity contribution in [3.63, 3.8) is 0 Å². The van der Waals surface area contributed by atoms with E-state index in [1.807, 2.05) is 12.1 Å². The van der Waals surface area contributed by atoms with Crippen molar-refractivity contribution in [1.29, 1.82) is 0 Å². The van der Waals surface area contributed by atoms with E-state index in [0.29, 0.717) is 39.5 Å². The minimum atomic E-state index is -4.56. The van der Waals surface area contributed by atoms with E-state index in [9.17, 15) is 8.76 Å². The summed E-state index contributed by atoms with van der Waals surface area (Å²) in [5.41, 5.74) is 9.06. The van der Waals surface area contributed by atoms with E-state index in [4.69, 9.17) is 19.9 Å². The molecule has 0 aliphatic carbocycles. The van der Waals surface area contributed by atoms with Gasteiger partial charge in [-0.2, -0.15) is 9.10 Å². The summed E-state index contributed by atoms with van der Waals surface area (Å²) in [6.45, 7) is 0.0784. The highest BCUT2D eigenvalue weighted by Crippen LogP contribution is 2.40. The number of methoxy groups -OCH3 is 3. The van der Waals surface area contributed by atoms with E-state index in [0.717, 1.165) is 5.56 Å². The number of benzene rings is 4. The molecular formula is C37H36N7O7S2-. The van der Waals surface area contributed by atoms with Crippen LogP contribution in [-0.2, 0) is 46.5 Å². The molecule has 2 N–H and O–H groups in total. The molecule has 274 valence electrons. The van der Waals surface area contributed by atoms with Gasteiger partial charge in [-0.05, 0) is 81.6 Å². The van der Waals surface area contributed by atoms with Crippen molar-refractivity contribution in [2.75, 3.05) is 27.1 Å². The number of sulfonamides is 1. The van der Waals surface area contributed by atoms with Crippen molar-refractivity contribution in [1.82, 2.24) is 29.5 Å². The number of hydrogen-bond donors (Lipinski definition) is 1. The van der Waals surface area contributed by atoms with Crippen LogP contribution < -0.4 is 19.9 Å². The third-order valence-corrected chi connectivity index (χ3v) is 10.9. The zero-order valence-electron chi connectivity index (χ0n) is 29.1. The van der Waals surface area contributed by atoms with Gasteiger partial charge in [-0.3, -0.25) is 4.21 Å². The molecule has 0 saturated carbocycles. The third kappa shape index (κ3) is 8.69. The first-order valence-electron chi connectivity index (χ1n) is 16.2. The van der Waals surface area contributed by atoms with Crippen LogP contribution in [0.5, 0.6) is 17.2 Å². The lowest BCUT2D eigenvalue weighted by Gasteiger charge is -2.26. The first-order valence-corrected chi connectivity index (χ1v) is 18.9. The number of nitrogen functional groups attached to an aromatic ring is 1. The van der Waals surface area contributed by atoms with Crippen molar-refractivity contribution < 1.29 is 31.4 Å². The smallest absolute Gasteiger partial charge is 0.244 e. The topological polar surface area (TPSA) is 188 Å². The van der Waals surface area contributed by atoms with Crippen LogP contribution in [0.2, 0.25) is 0 Å². The van der Waals surface area contributed by atoms with E-state index < -0.39 is 26.9 Å². The van der Waals surface area contributed by atoms with Crippen LogP contribution in [0.25, 0.3) is 22.5 Å². The Labute approximate surface area is 309 Å². The summed E-state index contributed by atoms with van der Waals surface area (Å²) in [5.74, 6) is 1.52. The summed E-state index contributed by atoms with van der Waals surface area (Å²) in [7, 11) is 0.107. The molecule has 6 rings (SSSR count). The van der Waals surface area contributed by atoms with Crippen LogP contribution in [-0.4, -0.2) is 68.0 Å². The van der Waals surface area contributed by atoms with Gasteiger partial charge in [0.15, 0.2) is 0 Å². The molecule has 14 nitrogen and oxygen atoms in total. The minimum Gasteiger partial charge on any atom is -0.772 e. The summed E-state index contributed by atoms with van der Waals surface area (Å²) in [4.78, 5) is 5.29. The number of nitrogens with two attached hydrogens (primary N) is 1. The van der Waals surface area contributed by atoms with Gasteiger partial charge in [0.2, 0.25) is 15.8 Å². The van der Waals surface area contributed by atoms with Crippen molar-refractivity contribution in [3.05, 3.63) is 126 Å². The van der Waals surface area contributed by atoms with Gasteiger partial charge < -0.3 is 24.5 Å². The highest BCUT2D eigenvalue weighted by Gasteiger charge is 2.34. The predicted octanol–water partition coefficient (Wildman–Crippen LogP) is 4.83. The standard InChI is InChI=1S/C37H37N7O7S2/c1-49-30-12-4-25(5-13-30)21-43(22-26-6-14-31(50-2)15-7-26)53(47,48)36-29(24-52(45)46)10-18-33(28-11-19-34(38)39-20-28)35(36)37-40-42-44(41-37)23-27-8-16-32(51-3)17-9-27/h4-20H,21-24H2,1-3H3,(H2,38,39)(H,45,46)/p-1. The maximum absolute atomic E-state index is 15.3. The number of tetrazole rings is 1. The average Bonchev–Trinajstić information content (AvgIpc) is 3.63. The van der Waals surface area contributed by atoms with Crippen LogP contribution in [0.3, 0.4) is 0 Å². The predicted molar refractivity (Wildman–Crippen MR) is 198 cm³/mol. The average molecular weight is 755 g/mol. The fourth-order valence-electron chi connectivity index (χ4n) is 5.72. The molecule has 0 saturated heterocycles. The van der Waals surface area contributed by atoms with Crippen LogP contribution in [0.15, 0.2) is 108 Å². The van der Waals surface area contributed by atoms with Gasteiger partial charge in [0.05, 0.1) is 38.3 Å². The second-order valence-corrected chi connectivity index (χ2v) is 14.6. The lowest BCUT2D eigenvalue weighted by molar-refractivity contribution is 0.397. The van der Waals surface area contributed by atoms with Gasteiger partial charge in [0, 0.05) is 30.6 Å². The minimum absolute atomic E-state index is 0.0291. The molecule has 0 fully saturated rings. The van der Waals surface area contributed by atoms with Crippen molar-refractivity contribution in [3.8, 4) is 39.8 Å². The van der Waals surface area contributed by atoms with E-state index in [1.165, 1.54) is 21.4 Å². The Kier molecular flexibility index (Phi) is 11.4. The highest BCUT2D eigenvalue weighted by molar-refractivity contribution is 7.89. The number of pyridine rings is 1. The normalized spacial score (nSPS) is 12.1. The molecule has 0 aliphatic heterocycles. The van der Waals surface area contributed by atoms with E-state index >= 15 is 8.42 Å². The number of rotatable bonds is 15. The van der Waals surface area contributed by atoms with Gasteiger partial charge in [0.1, 0.15) is 23.1 Å². The maximum Gasteiger partial charge on any atom is 0.244 e. The molecule has 2 heterocycles. The fourth-order valence-corrected chi connectivity index (χ4v) is 8.13. The van der Waals surface area contributed by atoms with Crippen LogP contribution in [0, 0.1) is 0 Å². The molecule has 0 spiro atoms. The Morgan fingerprint density at radius 3 is 1.81 bits per heavy atom. The number of aromatic nitrogens is 5. The first-order chi connectivity index (χ1) is 25.6. The molecule has 6 aromatic rings. The van der Waals surface area contributed by atoms with Crippen molar-refractivity contribution in [2.45, 2.75) is 30.3 Å². The lowest BCUT2D eigenvalue weighted by Crippen LogP contribution is -2.32. The van der Waals surface area contributed by atoms with Gasteiger partial charge in [-0.1, -0.05) is 59.6 Å². The van der Waals surface area contributed by atoms with Crippen molar-refractivity contribution in [2.24, 2.45) is 0 Å². The fraction of sp³-hybridized carbons (Fsp3) is 0.189. The number of anilines is 1. The van der Waals surface area contributed by atoms with Gasteiger partial charge >= 0.3 is 0 Å². The maximum atomic E-state index is 15.3. The Hall–Kier alpha value is -5.68. The zero-order chi connectivity index (χ0) is 37.5. The number of nitrogens with zero attached hydrogens (tertiary/aromatic N) is 6. The monoisotopic (exact) mass is 754 g/mol. The first kappa shape index (κ1) is 37.1. The Balaban J connectivity index is 1.55. The number of ether oxygens (including phenoxy) is 3. The second-order valence-electron chi connectivity index (χ2n) is 11.9. The quantitative estimate of drug-likeness (QED) is 0.141. The van der Waals surface area contributed by atoms with Gasteiger partial charge in [0.25, 0.3) is 0 Å². The van der Waals surface area contributed by atoms with Crippen LogP contribution >= 0.6 is 0 Å². The highest BCUT2D eigenvalue weighted by atomic mass is 32.2. The van der Waals surface area contributed by atoms with E-state index in [2.05, 4.69) is 20.4 Å². The molecular weight excluding hydrogens is 719 g/mol. The summed E-state index contributed by atoms with van der Waals surface area (Å²) >= 11 is -2.66. The van der Waals surface area contributed by atoms with Crippen molar-refractivity contribution >= 4 is 26.9 Å². The lowest BCUT2D eigenvalue weighted by atomic mass is 9.98. The largest absolute Gasteiger partial charge is 0.772 e.